The van der Waals surface area contributed by atoms with E-state index in [0.29, 0.717) is 0 Å². The van der Waals surface area contributed by atoms with E-state index in [0.717, 1.165) is 33.6 Å². The lowest BCUT2D eigenvalue weighted by Gasteiger charge is -2.30. The maximum Gasteiger partial charge on any atom is 0.136 e. The van der Waals surface area contributed by atoms with Crippen LogP contribution in [0.2, 0.25) is 0 Å². The zero-order valence-electron chi connectivity index (χ0n) is 31.8. The number of rotatable bonds is 4. The van der Waals surface area contributed by atoms with Crippen LogP contribution < -0.4 is 4.90 Å². The summed E-state index contributed by atoms with van der Waals surface area (Å²) in [5.74, 6) is 0. The molecule has 1 aliphatic rings. The molecular formula is C55H37NO. The molecule has 0 saturated heterocycles. The molecule has 268 valence electrons. The maximum absolute atomic E-state index is 6.42. The molecule has 10 aromatic carbocycles. The Morgan fingerprint density at radius 1 is 0.368 bits per heavy atom. The van der Waals surface area contributed by atoms with Crippen LogP contribution in [0.15, 0.2) is 192 Å². The lowest BCUT2D eigenvalue weighted by atomic mass is 9.82. The van der Waals surface area contributed by atoms with Crippen LogP contribution in [0.5, 0.6) is 0 Å². The molecule has 0 aliphatic heterocycles. The van der Waals surface area contributed by atoms with Crippen molar-refractivity contribution in [2.24, 2.45) is 0 Å². The predicted octanol–water partition coefficient (Wildman–Crippen LogP) is 15.6. The number of benzene rings is 10. The van der Waals surface area contributed by atoms with Crippen molar-refractivity contribution in [1.82, 2.24) is 0 Å². The van der Waals surface area contributed by atoms with Crippen LogP contribution in [-0.2, 0) is 5.41 Å². The van der Waals surface area contributed by atoms with Gasteiger partial charge in [-0.1, -0.05) is 153 Å². The van der Waals surface area contributed by atoms with E-state index in [4.69, 9.17) is 4.42 Å². The molecule has 0 atom stereocenters. The van der Waals surface area contributed by atoms with Crippen molar-refractivity contribution in [1.29, 1.82) is 0 Å². The second-order valence-corrected chi connectivity index (χ2v) is 16.0. The average molecular weight is 728 g/mol. The third-order valence-corrected chi connectivity index (χ3v) is 12.6. The Morgan fingerprint density at radius 2 is 0.965 bits per heavy atom. The molecule has 2 heteroatoms. The number of hydrogen-bond acceptors (Lipinski definition) is 2. The van der Waals surface area contributed by atoms with Crippen LogP contribution in [0.4, 0.5) is 17.1 Å². The summed E-state index contributed by atoms with van der Waals surface area (Å²) < 4.78 is 6.42. The number of fused-ring (bicyclic) bond motifs is 14. The normalized spacial score (nSPS) is 13.2. The highest BCUT2D eigenvalue weighted by Gasteiger charge is 2.36. The van der Waals surface area contributed by atoms with Crippen molar-refractivity contribution in [3.63, 3.8) is 0 Å². The largest absolute Gasteiger partial charge is 0.456 e. The number of anilines is 3. The summed E-state index contributed by atoms with van der Waals surface area (Å²) in [7, 11) is 0. The van der Waals surface area contributed by atoms with Crippen LogP contribution in [0.1, 0.15) is 25.0 Å². The molecule has 1 aliphatic carbocycles. The third-order valence-electron chi connectivity index (χ3n) is 12.6. The first-order valence-corrected chi connectivity index (χ1v) is 19.8. The molecule has 0 saturated carbocycles. The Hall–Kier alpha value is -7.16. The van der Waals surface area contributed by atoms with Gasteiger partial charge in [0.05, 0.1) is 5.69 Å². The standard InChI is InChI=1S/C55H37NO/c1-55(2)47-23-10-7-16-38(47)39-29-28-37(33-48(39)55)56(36-27-26-34-14-3-4-15-35(34)32-36)49-24-11-8-17-40(49)41-21-13-22-43-45-30-31-51-54(46-20-9-12-25-50(46)57-51)53(45)44-19-6-5-18-42(44)52(41)43/h3-33H,1-2H3. The highest BCUT2D eigenvalue weighted by molar-refractivity contribution is 6.36. The lowest BCUT2D eigenvalue weighted by molar-refractivity contribution is 0.660. The molecule has 1 heterocycles. The van der Waals surface area contributed by atoms with Gasteiger partial charge in [-0.3, -0.25) is 0 Å². The van der Waals surface area contributed by atoms with Crippen LogP contribution >= 0.6 is 0 Å². The third kappa shape index (κ3) is 4.59. The fourth-order valence-corrected chi connectivity index (χ4v) is 10.0. The Balaban J connectivity index is 1.15. The molecule has 57 heavy (non-hydrogen) atoms. The summed E-state index contributed by atoms with van der Waals surface area (Å²) in [5, 5.41) is 12.2. The molecule has 1 aromatic heterocycles. The van der Waals surface area contributed by atoms with Gasteiger partial charge in [-0.05, 0) is 114 Å². The molecule has 12 rings (SSSR count). The van der Waals surface area contributed by atoms with Gasteiger partial charge in [0.15, 0.2) is 0 Å². The summed E-state index contributed by atoms with van der Waals surface area (Å²) in [6, 6.07) is 69.1. The van der Waals surface area contributed by atoms with E-state index in [1.54, 1.807) is 0 Å². The summed E-state index contributed by atoms with van der Waals surface area (Å²) >= 11 is 0. The van der Waals surface area contributed by atoms with Crippen molar-refractivity contribution in [2.75, 3.05) is 4.90 Å². The van der Waals surface area contributed by atoms with E-state index in [9.17, 15) is 0 Å². The molecule has 0 radical (unpaired) electrons. The summed E-state index contributed by atoms with van der Waals surface area (Å²) in [4.78, 5) is 2.48. The smallest absolute Gasteiger partial charge is 0.136 e. The Morgan fingerprint density at radius 3 is 1.82 bits per heavy atom. The van der Waals surface area contributed by atoms with Crippen molar-refractivity contribution in [3.8, 4) is 22.3 Å². The van der Waals surface area contributed by atoms with Gasteiger partial charge in [-0.15, -0.1) is 0 Å². The first-order valence-electron chi connectivity index (χ1n) is 19.8. The van der Waals surface area contributed by atoms with E-state index in [2.05, 4.69) is 201 Å². The van der Waals surface area contributed by atoms with Gasteiger partial charge in [0.1, 0.15) is 11.2 Å². The van der Waals surface area contributed by atoms with Crippen molar-refractivity contribution in [3.05, 3.63) is 199 Å². The molecule has 11 aromatic rings. The Labute approximate surface area is 330 Å². The van der Waals surface area contributed by atoms with E-state index in [1.165, 1.54) is 81.9 Å². The fourth-order valence-electron chi connectivity index (χ4n) is 10.0. The van der Waals surface area contributed by atoms with E-state index >= 15 is 0 Å². The number of nitrogens with zero attached hydrogens (tertiary/aromatic N) is 1. The quantitative estimate of drug-likeness (QED) is 0.168. The molecule has 0 unspecified atom stereocenters. The molecule has 0 spiro atoms. The molecule has 0 N–H and O–H groups in total. The van der Waals surface area contributed by atoms with Gasteiger partial charge in [0, 0.05) is 38.5 Å². The SMILES string of the molecule is CC1(C)c2ccccc2-c2ccc(N(c3ccc4ccccc4c3)c3ccccc3-c3cccc4c5ccc6oc7ccccc7c6c5c5ccccc5c34)cc21. The predicted molar refractivity (Wildman–Crippen MR) is 241 cm³/mol. The van der Waals surface area contributed by atoms with Crippen molar-refractivity contribution in [2.45, 2.75) is 19.3 Å². The van der Waals surface area contributed by atoms with E-state index in [1.807, 2.05) is 6.07 Å². The number of para-hydroxylation sites is 2. The van der Waals surface area contributed by atoms with Crippen molar-refractivity contribution < 1.29 is 4.42 Å². The minimum Gasteiger partial charge on any atom is -0.456 e. The number of furan rings is 1. The van der Waals surface area contributed by atoms with Crippen molar-refractivity contribution >= 4 is 82.1 Å². The molecule has 0 amide bonds. The highest BCUT2D eigenvalue weighted by atomic mass is 16.3. The summed E-state index contributed by atoms with van der Waals surface area (Å²) in [5.41, 5.74) is 12.9. The topological polar surface area (TPSA) is 16.4 Å². The van der Waals surface area contributed by atoms with Gasteiger partial charge in [0.25, 0.3) is 0 Å². The minimum absolute atomic E-state index is 0.127. The minimum atomic E-state index is -0.127. The Bertz CT molecular complexity index is 3430. The molecule has 0 fully saturated rings. The lowest BCUT2D eigenvalue weighted by Crippen LogP contribution is -2.16. The van der Waals surface area contributed by atoms with Gasteiger partial charge < -0.3 is 9.32 Å². The number of hydrogen-bond donors (Lipinski definition) is 0. The van der Waals surface area contributed by atoms with Crippen LogP contribution in [-0.4, -0.2) is 0 Å². The van der Waals surface area contributed by atoms with E-state index < -0.39 is 0 Å². The van der Waals surface area contributed by atoms with Gasteiger partial charge >= 0.3 is 0 Å². The molecule has 0 bridgehead atoms. The van der Waals surface area contributed by atoms with Gasteiger partial charge in [-0.2, -0.15) is 0 Å². The van der Waals surface area contributed by atoms with Gasteiger partial charge in [0.2, 0.25) is 0 Å². The van der Waals surface area contributed by atoms with Crippen LogP contribution in [0.3, 0.4) is 0 Å². The van der Waals surface area contributed by atoms with Crippen LogP contribution in [0.25, 0.3) is 87.3 Å². The van der Waals surface area contributed by atoms with Gasteiger partial charge in [-0.25, -0.2) is 0 Å². The second kappa shape index (κ2) is 11.9. The summed E-state index contributed by atoms with van der Waals surface area (Å²) in [6.07, 6.45) is 0. The Kier molecular flexibility index (Phi) is 6.72. The first kappa shape index (κ1) is 32.1. The first-order chi connectivity index (χ1) is 28.0. The monoisotopic (exact) mass is 727 g/mol. The highest BCUT2D eigenvalue weighted by Crippen LogP contribution is 2.52. The average Bonchev–Trinajstić information content (AvgIpc) is 3.75. The molecule has 2 nitrogen and oxygen atoms in total. The second-order valence-electron chi connectivity index (χ2n) is 16.0. The fraction of sp³-hybridized carbons (Fsp3) is 0.0545. The molecular weight excluding hydrogens is 691 g/mol. The summed E-state index contributed by atoms with van der Waals surface area (Å²) in [6.45, 7) is 4.73. The zero-order chi connectivity index (χ0) is 37.8. The van der Waals surface area contributed by atoms with Crippen LogP contribution in [0, 0.1) is 0 Å². The maximum atomic E-state index is 6.42. The zero-order valence-corrected chi connectivity index (χ0v) is 31.8. The van der Waals surface area contributed by atoms with E-state index in [-0.39, 0.29) is 5.41 Å².